The maximum Gasteiger partial charge on any atom is 0.306 e. The lowest BCUT2D eigenvalue weighted by Gasteiger charge is -2.40. The van der Waals surface area contributed by atoms with Crippen LogP contribution in [-0.4, -0.2) is 84.0 Å². The molecule has 9 heteroatoms. The number of amides is 1. The molecule has 1 aromatic heterocycles. The van der Waals surface area contributed by atoms with E-state index in [-0.39, 0.29) is 29.6 Å². The normalized spacial score (nSPS) is 20.6. The van der Waals surface area contributed by atoms with Crippen LogP contribution in [0.1, 0.15) is 55.1 Å². The molecule has 3 atom stereocenters. The molecule has 42 heavy (non-hydrogen) atoms. The second kappa shape index (κ2) is 13.7. The predicted octanol–water partition coefficient (Wildman–Crippen LogP) is 4.83. The van der Waals surface area contributed by atoms with Gasteiger partial charge in [-0.15, -0.1) is 0 Å². The fraction of sp³-hybridized carbons (Fsp3) is 0.424. The highest BCUT2D eigenvalue weighted by Crippen LogP contribution is 2.41. The number of phenolic OH excluding ortho intramolecular Hbond substituents is 1. The van der Waals surface area contributed by atoms with Crippen molar-refractivity contribution in [3.05, 3.63) is 65.4 Å². The maximum absolute atomic E-state index is 12.9. The minimum absolute atomic E-state index is 0.0399. The summed E-state index contributed by atoms with van der Waals surface area (Å²) >= 11 is 0. The second-order valence-corrected chi connectivity index (χ2v) is 10.8. The average Bonchev–Trinajstić information content (AvgIpc) is 3.60. The molecule has 224 valence electrons. The summed E-state index contributed by atoms with van der Waals surface area (Å²) in [5.74, 6) is 0.516. The number of esters is 1. The van der Waals surface area contributed by atoms with E-state index < -0.39 is 0 Å². The molecule has 1 aliphatic carbocycles. The van der Waals surface area contributed by atoms with Crippen molar-refractivity contribution in [2.45, 2.75) is 52.2 Å². The fourth-order valence-corrected chi connectivity index (χ4v) is 5.81. The number of hydrogen-bond acceptors (Lipinski definition) is 7. The number of hydrogen-bond donors (Lipinski definition) is 2. The number of aromatic hydroxyl groups is 1. The fourth-order valence-electron chi connectivity index (χ4n) is 5.81. The molecule has 0 spiro atoms. The molecule has 3 heterocycles. The third kappa shape index (κ3) is 6.68. The molecule has 1 unspecified atom stereocenters. The van der Waals surface area contributed by atoms with Gasteiger partial charge in [-0.25, -0.2) is 0 Å². The first-order chi connectivity index (χ1) is 20.2. The van der Waals surface area contributed by atoms with Crippen LogP contribution in [0.4, 0.5) is 0 Å². The Morgan fingerprint density at radius 3 is 2.60 bits per heavy atom. The molecule has 1 saturated heterocycles. The monoisotopic (exact) mass is 575 g/mol. The summed E-state index contributed by atoms with van der Waals surface area (Å²) in [6.07, 6.45) is 7.79. The van der Waals surface area contributed by atoms with Gasteiger partial charge < -0.3 is 24.5 Å². The molecule has 0 radical (unpaired) electrons. The number of ether oxygens (including phenoxy) is 2. The van der Waals surface area contributed by atoms with Gasteiger partial charge in [0.1, 0.15) is 6.29 Å². The van der Waals surface area contributed by atoms with Crippen LogP contribution in [0.5, 0.6) is 11.5 Å². The van der Waals surface area contributed by atoms with E-state index in [1.807, 2.05) is 11.8 Å². The second-order valence-electron chi connectivity index (χ2n) is 10.8. The number of rotatable bonds is 5. The Labute approximate surface area is 247 Å². The number of aromatic nitrogens is 1. The van der Waals surface area contributed by atoms with Crippen LogP contribution in [0.25, 0.3) is 16.5 Å². The number of phenols is 1. The SMILES string of the molecule is CC1CCC(=O)O1.CCN(CC)C(=O)[C@@H]1C=C2c3cccc4[nH]cc(c34)C[C@H]2N(C)C1.COc1cc(C=O)ccc1O. The highest BCUT2D eigenvalue weighted by molar-refractivity contribution is 5.99. The maximum atomic E-state index is 12.9. The first kappa shape index (κ1) is 30.8. The van der Waals surface area contributed by atoms with Gasteiger partial charge in [0, 0.05) is 54.8 Å². The van der Waals surface area contributed by atoms with Crippen molar-refractivity contribution in [2.24, 2.45) is 5.92 Å². The number of benzene rings is 2. The first-order valence-electron chi connectivity index (χ1n) is 14.5. The molecule has 2 aliphatic heterocycles. The summed E-state index contributed by atoms with van der Waals surface area (Å²) in [4.78, 5) is 41.0. The van der Waals surface area contributed by atoms with Gasteiger partial charge in [-0.1, -0.05) is 18.2 Å². The van der Waals surface area contributed by atoms with E-state index >= 15 is 0 Å². The molecule has 2 N–H and O–H groups in total. The summed E-state index contributed by atoms with van der Waals surface area (Å²) in [6.45, 7) is 8.37. The number of cyclic esters (lactones) is 1. The molecule has 0 bridgehead atoms. The van der Waals surface area contributed by atoms with E-state index in [0.29, 0.717) is 30.1 Å². The summed E-state index contributed by atoms with van der Waals surface area (Å²) in [6, 6.07) is 11.2. The highest BCUT2D eigenvalue weighted by Gasteiger charge is 2.36. The largest absolute Gasteiger partial charge is 0.504 e. The molecular formula is C33H41N3O6. The lowest BCUT2D eigenvalue weighted by molar-refractivity contribution is -0.140. The Morgan fingerprint density at radius 2 is 2.00 bits per heavy atom. The number of nitrogens with one attached hydrogen (secondary N) is 1. The Bertz CT molecular complexity index is 1460. The number of aldehydes is 1. The number of methoxy groups -OCH3 is 1. The van der Waals surface area contributed by atoms with E-state index in [9.17, 15) is 14.4 Å². The minimum atomic E-state index is -0.0486. The third-order valence-corrected chi connectivity index (χ3v) is 8.09. The van der Waals surface area contributed by atoms with Gasteiger partial charge in [0.2, 0.25) is 5.91 Å². The molecule has 1 fully saturated rings. The van der Waals surface area contributed by atoms with Crippen LogP contribution in [0.3, 0.4) is 0 Å². The minimum Gasteiger partial charge on any atom is -0.504 e. The summed E-state index contributed by atoms with van der Waals surface area (Å²) in [7, 11) is 3.58. The Morgan fingerprint density at radius 1 is 1.24 bits per heavy atom. The smallest absolute Gasteiger partial charge is 0.306 e. The van der Waals surface area contributed by atoms with E-state index in [1.165, 1.54) is 52.9 Å². The Kier molecular flexibility index (Phi) is 10.1. The zero-order valence-electron chi connectivity index (χ0n) is 25.1. The van der Waals surface area contributed by atoms with Gasteiger partial charge in [-0.3, -0.25) is 19.3 Å². The van der Waals surface area contributed by atoms with Gasteiger partial charge >= 0.3 is 5.97 Å². The van der Waals surface area contributed by atoms with Gasteiger partial charge in [0.25, 0.3) is 0 Å². The highest BCUT2D eigenvalue weighted by atomic mass is 16.5. The topological polar surface area (TPSA) is 112 Å². The van der Waals surface area contributed by atoms with Crippen molar-refractivity contribution in [3.8, 4) is 11.5 Å². The molecule has 3 aromatic rings. The van der Waals surface area contributed by atoms with Crippen LogP contribution < -0.4 is 4.74 Å². The molecule has 3 aliphatic rings. The van der Waals surface area contributed by atoms with E-state index in [0.717, 1.165) is 32.5 Å². The summed E-state index contributed by atoms with van der Waals surface area (Å²) in [5.41, 5.74) is 5.69. The molecular weight excluding hydrogens is 534 g/mol. The average molecular weight is 576 g/mol. The molecule has 0 saturated carbocycles. The lowest BCUT2D eigenvalue weighted by Crippen LogP contribution is -2.47. The van der Waals surface area contributed by atoms with Gasteiger partial charge in [0.05, 0.1) is 19.1 Å². The van der Waals surface area contributed by atoms with Gasteiger partial charge in [-0.05, 0) is 81.6 Å². The van der Waals surface area contributed by atoms with Crippen LogP contribution in [0, 0.1) is 5.92 Å². The van der Waals surface area contributed by atoms with Crippen LogP contribution in [0.15, 0.2) is 48.7 Å². The number of nitrogens with zero attached hydrogens (tertiary/aromatic N) is 2. The third-order valence-electron chi connectivity index (χ3n) is 8.09. The zero-order chi connectivity index (χ0) is 30.4. The van der Waals surface area contributed by atoms with Crippen molar-refractivity contribution in [3.63, 3.8) is 0 Å². The molecule has 9 nitrogen and oxygen atoms in total. The lowest BCUT2D eigenvalue weighted by atomic mass is 9.79. The number of carbonyl (C=O) groups excluding carboxylic acids is 3. The molecule has 1 amide bonds. The van der Waals surface area contributed by atoms with Crippen LogP contribution >= 0.6 is 0 Å². The quantitative estimate of drug-likeness (QED) is 0.331. The van der Waals surface area contributed by atoms with Gasteiger partial charge in [-0.2, -0.15) is 0 Å². The summed E-state index contributed by atoms with van der Waals surface area (Å²) < 4.78 is 9.50. The number of H-pyrrole nitrogens is 1. The van der Waals surface area contributed by atoms with E-state index in [2.05, 4.69) is 61.3 Å². The predicted molar refractivity (Wildman–Crippen MR) is 163 cm³/mol. The molecule has 6 rings (SSSR count). The molecule has 2 aromatic carbocycles. The van der Waals surface area contributed by atoms with Crippen LogP contribution in [-0.2, 0) is 20.7 Å². The first-order valence-corrected chi connectivity index (χ1v) is 14.5. The standard InChI is InChI=1S/C20H25N3O.C8H8O3.C5H8O2/c1-4-23(5-2)20(24)14-9-16-15-7-6-8-17-19(15)13(11-21-17)10-18(16)22(3)12-14;1-11-8-4-6(5-9)2-3-7(8)10;1-4-2-3-5(6)7-4/h6-9,11,14,18,21H,4-5,10,12H2,1-3H3;2-5,10H,1H3;4H,2-3H2,1H3/t14-,18-;;/m1../s1. The number of carbonyl (C=O) groups is 3. The number of fused-ring (bicyclic) bond motifs is 2. The number of likely N-dealkylation sites (N-methyl/N-ethyl adjacent to an activating group) is 1. The van der Waals surface area contributed by atoms with Crippen molar-refractivity contribution in [1.29, 1.82) is 0 Å². The zero-order valence-corrected chi connectivity index (χ0v) is 25.1. The van der Waals surface area contributed by atoms with E-state index in [4.69, 9.17) is 14.6 Å². The van der Waals surface area contributed by atoms with Crippen molar-refractivity contribution >= 4 is 34.6 Å². The van der Waals surface area contributed by atoms with Crippen LogP contribution in [0.2, 0.25) is 0 Å². The van der Waals surface area contributed by atoms with Gasteiger partial charge in [0.15, 0.2) is 11.5 Å². The van der Waals surface area contributed by atoms with Crippen molar-refractivity contribution < 1.29 is 29.0 Å². The summed E-state index contributed by atoms with van der Waals surface area (Å²) in [5, 5.41) is 10.4. The van der Waals surface area contributed by atoms with Crippen molar-refractivity contribution in [2.75, 3.05) is 33.8 Å². The van der Waals surface area contributed by atoms with E-state index in [1.54, 1.807) is 0 Å². The van der Waals surface area contributed by atoms with Crippen molar-refractivity contribution in [1.82, 2.24) is 14.8 Å². The Hall–Kier alpha value is -4.11. The number of aromatic amines is 1. The Balaban J connectivity index is 0.000000185.